The van der Waals surface area contributed by atoms with Gasteiger partial charge in [0.25, 0.3) is 0 Å². The van der Waals surface area contributed by atoms with Gasteiger partial charge in [-0.1, -0.05) is 20.8 Å². The molecule has 1 atom stereocenters. The first-order valence-electron chi connectivity index (χ1n) is 11.4. The van der Waals surface area contributed by atoms with Gasteiger partial charge >= 0.3 is 0 Å². The molecule has 0 saturated carbocycles. The average molecular weight is 461 g/mol. The third-order valence-electron chi connectivity index (χ3n) is 5.84. The first-order valence-corrected chi connectivity index (χ1v) is 11.4. The summed E-state index contributed by atoms with van der Waals surface area (Å²) in [5.41, 5.74) is 3.44. The van der Waals surface area contributed by atoms with Gasteiger partial charge in [0.05, 0.1) is 12.3 Å². The van der Waals surface area contributed by atoms with Crippen molar-refractivity contribution in [3.05, 3.63) is 42.5 Å². The van der Waals surface area contributed by atoms with Crippen LogP contribution in [0.3, 0.4) is 0 Å². The molecule has 0 unspecified atom stereocenters. The molecule has 0 amide bonds. The molecule has 0 radical (unpaired) electrons. The van der Waals surface area contributed by atoms with Gasteiger partial charge in [0.1, 0.15) is 17.6 Å². The number of anilines is 3. The molecule has 0 spiro atoms. The van der Waals surface area contributed by atoms with Crippen LogP contribution >= 0.6 is 0 Å². The van der Waals surface area contributed by atoms with E-state index in [4.69, 9.17) is 14.7 Å². The number of aryl methyl sites for hydroxylation is 2. The number of benzene rings is 1. The Labute approximate surface area is 200 Å². The molecule has 34 heavy (non-hydrogen) atoms. The summed E-state index contributed by atoms with van der Waals surface area (Å²) in [4.78, 5) is 14.1. The molecule has 0 aliphatic rings. The van der Waals surface area contributed by atoms with Crippen LogP contribution in [0, 0.1) is 12.3 Å². The van der Waals surface area contributed by atoms with Crippen LogP contribution in [0.15, 0.2) is 36.8 Å². The maximum atomic E-state index is 5.90. The topological polar surface area (TPSA) is 103 Å². The Bertz CT molecular complexity index is 1310. The fraction of sp³-hybridized carbons (Fsp3) is 0.400. The van der Waals surface area contributed by atoms with Gasteiger partial charge in [0.15, 0.2) is 11.6 Å². The molecule has 3 heterocycles. The first-order chi connectivity index (χ1) is 16.2. The van der Waals surface area contributed by atoms with Crippen molar-refractivity contribution in [2.75, 3.05) is 17.2 Å². The van der Waals surface area contributed by atoms with Crippen LogP contribution in [0.25, 0.3) is 22.3 Å². The summed E-state index contributed by atoms with van der Waals surface area (Å²) < 4.78 is 7.77. The van der Waals surface area contributed by atoms with E-state index in [0.717, 1.165) is 39.5 Å². The minimum absolute atomic E-state index is 0.0721. The van der Waals surface area contributed by atoms with Crippen LogP contribution in [0.4, 0.5) is 17.5 Å². The summed E-state index contributed by atoms with van der Waals surface area (Å²) in [6.45, 7) is 13.2. The number of fused-ring (bicyclic) bond motifs is 1. The number of nitrogens with one attached hydrogen (secondary N) is 2. The summed E-state index contributed by atoms with van der Waals surface area (Å²) >= 11 is 0. The van der Waals surface area contributed by atoms with Gasteiger partial charge in [-0.15, -0.1) is 10.2 Å². The predicted octanol–water partition coefficient (Wildman–Crippen LogP) is 5.12. The number of pyridine rings is 1. The number of hydrogen-bond acceptors (Lipinski definition) is 8. The number of nitrogens with zero attached hydrogens (tertiary/aromatic N) is 6. The van der Waals surface area contributed by atoms with E-state index < -0.39 is 0 Å². The van der Waals surface area contributed by atoms with Crippen molar-refractivity contribution in [3.63, 3.8) is 0 Å². The van der Waals surface area contributed by atoms with Crippen LogP contribution in [0.1, 0.15) is 40.3 Å². The highest BCUT2D eigenvalue weighted by atomic mass is 16.5. The summed E-state index contributed by atoms with van der Waals surface area (Å²) in [6.07, 6.45) is 3.49. The van der Waals surface area contributed by atoms with Crippen molar-refractivity contribution in [2.24, 2.45) is 12.5 Å². The second-order valence-corrected chi connectivity index (χ2v) is 9.51. The zero-order chi connectivity index (χ0) is 24.5. The molecule has 4 rings (SSSR count). The zero-order valence-corrected chi connectivity index (χ0v) is 20.8. The molecule has 178 valence electrons. The Morgan fingerprint density at radius 2 is 1.94 bits per heavy atom. The first kappa shape index (κ1) is 23.4. The van der Waals surface area contributed by atoms with Crippen LogP contribution in [-0.2, 0) is 7.05 Å². The standard InChI is InChI=1S/C25H32N8O/c1-8-34-20-12-17(23-32-27-14-33(23)7)9-10-19(20)30-24-26-13-18-11-15(2)28-22(21(18)31-24)29-16(3)25(4,5)6/h9-14,16H,8H2,1-7H3,(H,28,29)(H,26,30,31)/t16-/m1/s1. The molecular weight excluding hydrogens is 428 g/mol. The minimum Gasteiger partial charge on any atom is -0.492 e. The van der Waals surface area contributed by atoms with Gasteiger partial charge in [0, 0.05) is 35.9 Å². The Kier molecular flexibility index (Phi) is 6.37. The Hall–Kier alpha value is -3.75. The van der Waals surface area contributed by atoms with Gasteiger partial charge in [-0.3, -0.25) is 0 Å². The Morgan fingerprint density at radius 3 is 2.62 bits per heavy atom. The number of ether oxygens (including phenoxy) is 1. The number of aromatic nitrogens is 6. The minimum atomic E-state index is 0.0721. The maximum absolute atomic E-state index is 5.90. The zero-order valence-electron chi connectivity index (χ0n) is 20.8. The average Bonchev–Trinajstić information content (AvgIpc) is 3.20. The van der Waals surface area contributed by atoms with E-state index in [1.807, 2.05) is 55.9 Å². The second-order valence-electron chi connectivity index (χ2n) is 9.51. The largest absolute Gasteiger partial charge is 0.492 e. The lowest BCUT2D eigenvalue weighted by Crippen LogP contribution is -2.31. The molecule has 3 aromatic heterocycles. The van der Waals surface area contributed by atoms with E-state index in [2.05, 4.69) is 53.5 Å². The van der Waals surface area contributed by atoms with Gasteiger partial charge in [-0.05, 0) is 50.5 Å². The molecule has 9 heteroatoms. The monoisotopic (exact) mass is 460 g/mol. The van der Waals surface area contributed by atoms with Crippen molar-refractivity contribution in [2.45, 2.75) is 47.6 Å². The Morgan fingerprint density at radius 1 is 1.15 bits per heavy atom. The highest BCUT2D eigenvalue weighted by molar-refractivity contribution is 5.89. The molecule has 0 saturated heterocycles. The van der Waals surface area contributed by atoms with Gasteiger partial charge < -0.3 is 19.9 Å². The summed E-state index contributed by atoms with van der Waals surface area (Å²) in [7, 11) is 1.91. The number of rotatable bonds is 7. The van der Waals surface area contributed by atoms with Crippen molar-refractivity contribution in [3.8, 4) is 17.1 Å². The lowest BCUT2D eigenvalue weighted by Gasteiger charge is -2.29. The van der Waals surface area contributed by atoms with Crippen LogP contribution in [0.2, 0.25) is 0 Å². The highest BCUT2D eigenvalue weighted by Crippen LogP contribution is 2.33. The number of hydrogen-bond donors (Lipinski definition) is 2. The lowest BCUT2D eigenvalue weighted by molar-refractivity contribution is 0.342. The molecule has 0 aliphatic carbocycles. The summed E-state index contributed by atoms with van der Waals surface area (Å²) in [6, 6.07) is 8.05. The highest BCUT2D eigenvalue weighted by Gasteiger charge is 2.22. The normalized spacial score (nSPS) is 12.6. The molecule has 2 N–H and O–H groups in total. The fourth-order valence-electron chi connectivity index (χ4n) is 3.46. The van der Waals surface area contributed by atoms with Crippen molar-refractivity contribution >= 4 is 28.4 Å². The van der Waals surface area contributed by atoms with E-state index in [0.29, 0.717) is 18.3 Å². The van der Waals surface area contributed by atoms with Crippen molar-refractivity contribution in [1.29, 1.82) is 0 Å². The van der Waals surface area contributed by atoms with E-state index >= 15 is 0 Å². The van der Waals surface area contributed by atoms with Gasteiger partial charge in [0.2, 0.25) is 5.95 Å². The second kappa shape index (κ2) is 9.24. The third kappa shape index (κ3) is 4.93. The third-order valence-corrected chi connectivity index (χ3v) is 5.84. The van der Waals surface area contributed by atoms with E-state index in [-0.39, 0.29) is 11.5 Å². The van der Waals surface area contributed by atoms with Crippen LogP contribution < -0.4 is 15.4 Å². The quantitative estimate of drug-likeness (QED) is 0.392. The van der Waals surface area contributed by atoms with Crippen LogP contribution in [-0.4, -0.2) is 42.4 Å². The molecule has 0 bridgehead atoms. The van der Waals surface area contributed by atoms with E-state index in [1.165, 1.54) is 0 Å². The fourth-order valence-corrected chi connectivity index (χ4v) is 3.46. The molecular formula is C25H32N8O. The SMILES string of the molecule is CCOc1cc(-c2nncn2C)ccc1Nc1ncc2cc(C)nc(N[C@H](C)C(C)(C)C)c2n1. The van der Waals surface area contributed by atoms with Crippen molar-refractivity contribution < 1.29 is 4.74 Å². The van der Waals surface area contributed by atoms with Gasteiger partial charge in [-0.25, -0.2) is 15.0 Å². The molecule has 0 aliphatic heterocycles. The molecule has 9 nitrogen and oxygen atoms in total. The van der Waals surface area contributed by atoms with Gasteiger partial charge in [-0.2, -0.15) is 0 Å². The van der Waals surface area contributed by atoms with Crippen LogP contribution in [0.5, 0.6) is 5.75 Å². The van der Waals surface area contributed by atoms with E-state index in [1.54, 1.807) is 6.33 Å². The molecule has 4 aromatic rings. The predicted molar refractivity (Wildman–Crippen MR) is 136 cm³/mol. The van der Waals surface area contributed by atoms with E-state index in [9.17, 15) is 0 Å². The summed E-state index contributed by atoms with van der Waals surface area (Å²) in [5.74, 6) is 2.68. The lowest BCUT2D eigenvalue weighted by atomic mass is 9.88. The smallest absolute Gasteiger partial charge is 0.227 e. The molecule has 0 fully saturated rings. The van der Waals surface area contributed by atoms with Crippen molar-refractivity contribution in [1.82, 2.24) is 29.7 Å². The maximum Gasteiger partial charge on any atom is 0.227 e. The summed E-state index contributed by atoms with van der Waals surface area (Å²) in [5, 5.41) is 16.0. The Balaban J connectivity index is 1.70. The molecule has 1 aromatic carbocycles.